The average Bonchev–Trinajstić information content (AvgIpc) is 2.41. The Morgan fingerprint density at radius 1 is 1.05 bits per heavy atom. The van der Waals surface area contributed by atoms with Gasteiger partial charge in [-0.2, -0.15) is 0 Å². The summed E-state index contributed by atoms with van der Waals surface area (Å²) in [6, 6.07) is 0. The highest BCUT2D eigenvalue weighted by Gasteiger charge is 1.97. The van der Waals surface area contributed by atoms with Gasteiger partial charge in [0, 0.05) is 6.42 Å². The highest BCUT2D eigenvalue weighted by molar-refractivity contribution is 5.66. The van der Waals surface area contributed by atoms with Crippen LogP contribution in [0.5, 0.6) is 0 Å². The zero-order valence-electron chi connectivity index (χ0n) is 12.5. The molecule has 1 unspecified atom stereocenters. The van der Waals surface area contributed by atoms with Crippen molar-refractivity contribution in [2.75, 3.05) is 0 Å². The molecule has 2 N–H and O–H groups in total. The van der Waals surface area contributed by atoms with Crippen molar-refractivity contribution in [3.05, 3.63) is 36.5 Å². The van der Waals surface area contributed by atoms with Gasteiger partial charge in [-0.15, -0.1) is 0 Å². The van der Waals surface area contributed by atoms with Gasteiger partial charge in [-0.25, -0.2) is 0 Å². The minimum atomic E-state index is -0.746. The standard InChI is InChI=1S/C17H28O3/c1-2-3-4-10-13-16(18)14-11-8-6-5-7-9-12-15-17(19)20/h5-8,11,14,16,18H,2-4,9-10,12-13,15H2,1H3,(H,19,20). The number of carboxylic acid groups (broad SMARTS) is 1. The summed E-state index contributed by atoms with van der Waals surface area (Å²) in [5.74, 6) is -0.746. The molecular weight excluding hydrogens is 252 g/mol. The van der Waals surface area contributed by atoms with Gasteiger partial charge in [0.15, 0.2) is 0 Å². The lowest BCUT2D eigenvalue weighted by molar-refractivity contribution is -0.137. The molecule has 0 aliphatic carbocycles. The second-order valence-electron chi connectivity index (χ2n) is 4.90. The Morgan fingerprint density at radius 3 is 2.50 bits per heavy atom. The molecule has 3 heteroatoms. The van der Waals surface area contributed by atoms with E-state index in [1.165, 1.54) is 19.3 Å². The van der Waals surface area contributed by atoms with E-state index < -0.39 is 5.97 Å². The minimum absolute atomic E-state index is 0.220. The Bertz CT molecular complexity index is 316. The summed E-state index contributed by atoms with van der Waals surface area (Å²) in [6.45, 7) is 2.18. The molecule has 0 fully saturated rings. The summed E-state index contributed by atoms with van der Waals surface area (Å²) in [7, 11) is 0. The number of allylic oxidation sites excluding steroid dienone is 5. The molecule has 0 saturated carbocycles. The fraction of sp³-hybridized carbons (Fsp3) is 0.588. The van der Waals surface area contributed by atoms with Crippen LogP contribution in [0.2, 0.25) is 0 Å². The van der Waals surface area contributed by atoms with Gasteiger partial charge in [-0.3, -0.25) is 4.79 Å². The number of unbranched alkanes of at least 4 members (excludes halogenated alkanes) is 4. The van der Waals surface area contributed by atoms with E-state index in [2.05, 4.69) is 6.92 Å². The third kappa shape index (κ3) is 14.7. The first-order valence-electron chi connectivity index (χ1n) is 7.56. The summed E-state index contributed by atoms with van der Waals surface area (Å²) < 4.78 is 0. The molecule has 0 aliphatic heterocycles. The maximum absolute atomic E-state index is 10.3. The second kappa shape index (κ2) is 14.1. The van der Waals surface area contributed by atoms with Crippen LogP contribution >= 0.6 is 0 Å². The van der Waals surface area contributed by atoms with Crippen LogP contribution in [0.15, 0.2) is 36.5 Å². The zero-order chi connectivity index (χ0) is 15.1. The van der Waals surface area contributed by atoms with Crippen LogP contribution in [0.4, 0.5) is 0 Å². The Balaban J connectivity index is 3.58. The van der Waals surface area contributed by atoms with Gasteiger partial charge in [0.1, 0.15) is 0 Å². The van der Waals surface area contributed by atoms with Crippen LogP contribution in [-0.2, 0) is 4.79 Å². The molecule has 0 radical (unpaired) electrons. The molecule has 0 aromatic rings. The monoisotopic (exact) mass is 280 g/mol. The van der Waals surface area contributed by atoms with E-state index in [9.17, 15) is 9.90 Å². The predicted octanol–water partition coefficient (Wildman–Crippen LogP) is 4.24. The number of aliphatic hydroxyl groups excluding tert-OH is 1. The van der Waals surface area contributed by atoms with Crippen molar-refractivity contribution >= 4 is 5.97 Å². The van der Waals surface area contributed by atoms with Crippen molar-refractivity contribution < 1.29 is 15.0 Å². The van der Waals surface area contributed by atoms with Crippen molar-refractivity contribution in [2.24, 2.45) is 0 Å². The molecule has 0 saturated heterocycles. The van der Waals surface area contributed by atoms with Gasteiger partial charge < -0.3 is 10.2 Å². The van der Waals surface area contributed by atoms with Crippen LogP contribution in [0, 0.1) is 0 Å². The van der Waals surface area contributed by atoms with E-state index in [4.69, 9.17) is 5.11 Å². The molecular formula is C17H28O3. The number of hydrogen-bond acceptors (Lipinski definition) is 2. The maximum atomic E-state index is 10.3. The van der Waals surface area contributed by atoms with E-state index in [0.29, 0.717) is 6.42 Å². The number of aliphatic hydroxyl groups is 1. The normalized spacial score (nSPS) is 13.7. The molecule has 0 aliphatic rings. The molecule has 20 heavy (non-hydrogen) atoms. The summed E-state index contributed by atoms with van der Waals surface area (Å²) in [5.41, 5.74) is 0. The third-order valence-electron chi connectivity index (χ3n) is 2.92. The molecule has 0 spiro atoms. The van der Waals surface area contributed by atoms with Gasteiger partial charge in [0.05, 0.1) is 6.10 Å². The third-order valence-corrected chi connectivity index (χ3v) is 2.92. The molecule has 0 amide bonds. The van der Waals surface area contributed by atoms with Crippen LogP contribution in [0.1, 0.15) is 58.3 Å². The van der Waals surface area contributed by atoms with Crippen molar-refractivity contribution in [1.82, 2.24) is 0 Å². The first-order chi connectivity index (χ1) is 9.66. The van der Waals surface area contributed by atoms with Gasteiger partial charge in [0.25, 0.3) is 0 Å². The Labute approximate surface area is 122 Å². The van der Waals surface area contributed by atoms with Gasteiger partial charge in [0.2, 0.25) is 0 Å². The lowest BCUT2D eigenvalue weighted by Gasteiger charge is -2.03. The lowest BCUT2D eigenvalue weighted by Crippen LogP contribution is -2.00. The van der Waals surface area contributed by atoms with Crippen LogP contribution in [0.25, 0.3) is 0 Å². The number of carboxylic acids is 1. The summed E-state index contributed by atoms with van der Waals surface area (Å²) in [4.78, 5) is 10.3. The van der Waals surface area contributed by atoms with E-state index in [1.54, 1.807) is 6.08 Å². The Hall–Kier alpha value is -1.35. The maximum Gasteiger partial charge on any atom is 0.303 e. The molecule has 0 aromatic carbocycles. The first kappa shape index (κ1) is 18.7. The summed E-state index contributed by atoms with van der Waals surface area (Å²) in [6.07, 6.45) is 18.2. The van der Waals surface area contributed by atoms with Crippen LogP contribution < -0.4 is 0 Å². The number of aliphatic carboxylic acids is 1. The van der Waals surface area contributed by atoms with E-state index >= 15 is 0 Å². The fourth-order valence-corrected chi connectivity index (χ4v) is 1.74. The van der Waals surface area contributed by atoms with Gasteiger partial charge in [-0.1, -0.05) is 69.1 Å². The quantitative estimate of drug-likeness (QED) is 0.415. The lowest BCUT2D eigenvalue weighted by atomic mass is 10.1. The fourth-order valence-electron chi connectivity index (χ4n) is 1.74. The molecule has 3 nitrogen and oxygen atoms in total. The zero-order valence-corrected chi connectivity index (χ0v) is 12.5. The number of rotatable bonds is 12. The molecule has 114 valence electrons. The molecule has 0 heterocycles. The van der Waals surface area contributed by atoms with Gasteiger partial charge >= 0.3 is 5.97 Å². The topological polar surface area (TPSA) is 57.5 Å². The van der Waals surface area contributed by atoms with Crippen molar-refractivity contribution in [3.63, 3.8) is 0 Å². The Kier molecular flexibility index (Phi) is 13.1. The summed E-state index contributed by atoms with van der Waals surface area (Å²) in [5, 5.41) is 18.1. The highest BCUT2D eigenvalue weighted by atomic mass is 16.4. The molecule has 0 bridgehead atoms. The second-order valence-corrected chi connectivity index (χ2v) is 4.90. The van der Waals surface area contributed by atoms with Crippen molar-refractivity contribution in [1.29, 1.82) is 0 Å². The predicted molar refractivity (Wildman–Crippen MR) is 83.7 cm³/mol. The van der Waals surface area contributed by atoms with E-state index in [0.717, 1.165) is 19.3 Å². The van der Waals surface area contributed by atoms with Crippen LogP contribution in [0.3, 0.4) is 0 Å². The van der Waals surface area contributed by atoms with E-state index in [-0.39, 0.29) is 12.5 Å². The average molecular weight is 280 g/mol. The van der Waals surface area contributed by atoms with E-state index in [1.807, 2.05) is 30.4 Å². The highest BCUT2D eigenvalue weighted by Crippen LogP contribution is 2.06. The molecule has 1 atom stereocenters. The van der Waals surface area contributed by atoms with Crippen LogP contribution in [-0.4, -0.2) is 22.3 Å². The smallest absolute Gasteiger partial charge is 0.303 e. The molecule has 0 rings (SSSR count). The summed E-state index contributed by atoms with van der Waals surface area (Å²) >= 11 is 0. The van der Waals surface area contributed by atoms with Crippen molar-refractivity contribution in [2.45, 2.75) is 64.4 Å². The largest absolute Gasteiger partial charge is 0.481 e. The minimum Gasteiger partial charge on any atom is -0.481 e. The molecule has 0 aromatic heterocycles. The van der Waals surface area contributed by atoms with Crippen molar-refractivity contribution in [3.8, 4) is 0 Å². The SMILES string of the molecule is CCCCCCC(O)C=CC=CC=CCCCC(=O)O. The number of carbonyl (C=O) groups is 1. The Morgan fingerprint density at radius 2 is 1.80 bits per heavy atom. The first-order valence-corrected chi connectivity index (χ1v) is 7.56. The number of hydrogen-bond donors (Lipinski definition) is 2. The van der Waals surface area contributed by atoms with Gasteiger partial charge in [-0.05, 0) is 19.3 Å².